The highest BCUT2D eigenvalue weighted by Crippen LogP contribution is 2.38. The molecule has 0 rings (SSSR count). The van der Waals surface area contributed by atoms with Crippen LogP contribution in [0.5, 0.6) is 0 Å². The number of phosphoric ester groups is 1. The van der Waals surface area contributed by atoms with Gasteiger partial charge in [-0.05, 0) is 44.9 Å². The van der Waals surface area contributed by atoms with Crippen LogP contribution >= 0.6 is 7.82 Å². The fourth-order valence-electron chi connectivity index (χ4n) is 6.22. The molecule has 0 aliphatic rings. The first-order valence-electron chi connectivity index (χ1n) is 22.6. The molecule has 0 N–H and O–H groups in total. The van der Waals surface area contributed by atoms with E-state index >= 15 is 0 Å². The van der Waals surface area contributed by atoms with Gasteiger partial charge in [0.05, 0.1) is 34.4 Å². The number of carbonyl (C=O) groups is 1. The highest BCUT2D eigenvalue weighted by Gasteiger charge is 2.20. The third kappa shape index (κ3) is 42.1. The predicted octanol–water partition coefficient (Wildman–Crippen LogP) is 12.6. The van der Waals surface area contributed by atoms with Crippen LogP contribution in [0, 0.1) is 0 Å². The molecular weight excluding hydrogens is 697 g/mol. The van der Waals surface area contributed by atoms with Gasteiger partial charge in [0.15, 0.2) is 0 Å². The molecule has 2 unspecified atom stereocenters. The molecule has 2 atom stereocenters. The van der Waals surface area contributed by atoms with Crippen molar-refractivity contribution in [2.75, 3.05) is 54.1 Å². The topological polar surface area (TPSA) is 94.1 Å². The minimum absolute atomic E-state index is 0.0278. The fourth-order valence-corrected chi connectivity index (χ4v) is 6.95. The van der Waals surface area contributed by atoms with Crippen LogP contribution in [0.15, 0.2) is 24.3 Å². The van der Waals surface area contributed by atoms with E-state index in [-0.39, 0.29) is 25.8 Å². The molecule has 0 fully saturated rings. The van der Waals surface area contributed by atoms with E-state index in [4.69, 9.17) is 18.5 Å². The predicted molar refractivity (Wildman–Crippen MR) is 227 cm³/mol. The number of nitrogens with zero attached hydrogens (tertiary/aromatic N) is 1. The number of quaternary nitrogens is 1. The Kier molecular flexibility index (Phi) is 38.1. The number of esters is 1. The second kappa shape index (κ2) is 38.8. The molecular formula is C45H88NO7P. The van der Waals surface area contributed by atoms with Crippen LogP contribution in [0.2, 0.25) is 0 Å². The van der Waals surface area contributed by atoms with Crippen LogP contribution in [-0.2, 0) is 27.9 Å². The molecule has 54 heavy (non-hydrogen) atoms. The molecule has 0 heterocycles. The number of phosphoric acid groups is 1. The largest absolute Gasteiger partial charge is 0.756 e. The number of rotatable bonds is 42. The summed E-state index contributed by atoms with van der Waals surface area (Å²) in [6.07, 6.45) is 43.5. The van der Waals surface area contributed by atoms with Crippen molar-refractivity contribution in [3.05, 3.63) is 24.3 Å². The van der Waals surface area contributed by atoms with Gasteiger partial charge in [-0.2, -0.15) is 0 Å². The molecule has 0 amide bonds. The Bertz CT molecular complexity index is 920. The molecule has 0 aliphatic carbocycles. The number of unbranched alkanes of at least 4 members (excludes halogenated alkanes) is 24. The quantitative estimate of drug-likeness (QED) is 0.0200. The maximum absolute atomic E-state index is 12.6. The third-order valence-electron chi connectivity index (χ3n) is 9.76. The van der Waals surface area contributed by atoms with Crippen LogP contribution in [0.3, 0.4) is 0 Å². The lowest BCUT2D eigenvalue weighted by Gasteiger charge is -2.28. The first-order chi connectivity index (χ1) is 26.1. The zero-order valence-corrected chi connectivity index (χ0v) is 37.1. The fraction of sp³-hybridized carbons (Fsp3) is 0.889. The van der Waals surface area contributed by atoms with Crippen molar-refractivity contribution in [1.82, 2.24) is 0 Å². The van der Waals surface area contributed by atoms with Crippen LogP contribution in [0.25, 0.3) is 0 Å². The summed E-state index contributed by atoms with van der Waals surface area (Å²) < 4.78 is 34.4. The van der Waals surface area contributed by atoms with E-state index < -0.39 is 13.9 Å². The minimum Gasteiger partial charge on any atom is -0.756 e. The Morgan fingerprint density at radius 3 is 1.50 bits per heavy atom. The molecule has 0 aromatic carbocycles. The Morgan fingerprint density at radius 2 is 1.02 bits per heavy atom. The molecule has 0 aliphatic heterocycles. The van der Waals surface area contributed by atoms with E-state index in [1.54, 1.807) is 0 Å². The molecule has 0 aromatic rings. The normalized spacial score (nSPS) is 14.0. The highest BCUT2D eigenvalue weighted by molar-refractivity contribution is 7.45. The monoisotopic (exact) mass is 786 g/mol. The van der Waals surface area contributed by atoms with Gasteiger partial charge in [-0.25, -0.2) is 0 Å². The number of hydrogen-bond acceptors (Lipinski definition) is 7. The van der Waals surface area contributed by atoms with Crippen LogP contribution in [0.1, 0.15) is 200 Å². The highest BCUT2D eigenvalue weighted by atomic mass is 31.2. The van der Waals surface area contributed by atoms with Gasteiger partial charge >= 0.3 is 5.97 Å². The van der Waals surface area contributed by atoms with Crippen LogP contribution in [0.4, 0.5) is 0 Å². The third-order valence-corrected chi connectivity index (χ3v) is 10.7. The number of allylic oxidation sites excluding steroid dienone is 4. The van der Waals surface area contributed by atoms with Gasteiger partial charge in [0.1, 0.15) is 19.3 Å². The second-order valence-corrected chi connectivity index (χ2v) is 17.8. The molecule has 9 heteroatoms. The molecule has 0 spiro atoms. The van der Waals surface area contributed by atoms with Gasteiger partial charge in [0, 0.05) is 13.0 Å². The molecule has 0 aromatic heterocycles. The Balaban J connectivity index is 3.97. The lowest BCUT2D eigenvalue weighted by molar-refractivity contribution is -0.870. The van der Waals surface area contributed by atoms with Gasteiger partial charge < -0.3 is 27.9 Å². The molecule has 0 radical (unpaired) electrons. The Labute approximate surface area is 334 Å². The van der Waals surface area contributed by atoms with E-state index in [0.717, 1.165) is 38.5 Å². The average molecular weight is 786 g/mol. The van der Waals surface area contributed by atoms with E-state index in [1.807, 2.05) is 21.1 Å². The second-order valence-electron chi connectivity index (χ2n) is 16.4. The SMILES string of the molecule is CCCCCCC/C=C\C/C=C\CCCCCCCCCCCCCCCC(=O)OC(COCCCCCCCCC)COP(=O)([O-])OCC[N+](C)(C)C. The van der Waals surface area contributed by atoms with Crippen molar-refractivity contribution in [1.29, 1.82) is 0 Å². The lowest BCUT2D eigenvalue weighted by atomic mass is 10.0. The minimum atomic E-state index is -4.51. The van der Waals surface area contributed by atoms with Gasteiger partial charge in [-0.1, -0.05) is 173 Å². The van der Waals surface area contributed by atoms with Crippen LogP contribution < -0.4 is 4.89 Å². The summed E-state index contributed by atoms with van der Waals surface area (Å²) in [5.41, 5.74) is 0. The molecule has 8 nitrogen and oxygen atoms in total. The van der Waals surface area contributed by atoms with E-state index in [1.165, 1.54) is 141 Å². The maximum atomic E-state index is 12.6. The number of likely N-dealkylation sites (N-methyl/N-ethyl adjacent to an activating group) is 1. The van der Waals surface area contributed by atoms with E-state index in [9.17, 15) is 14.3 Å². The summed E-state index contributed by atoms with van der Waals surface area (Å²) in [4.78, 5) is 24.9. The molecule has 320 valence electrons. The van der Waals surface area contributed by atoms with Crippen molar-refractivity contribution < 1.29 is 37.3 Å². The van der Waals surface area contributed by atoms with Gasteiger partial charge in [0.2, 0.25) is 0 Å². The van der Waals surface area contributed by atoms with Crippen molar-refractivity contribution in [2.45, 2.75) is 206 Å². The average Bonchev–Trinajstić information content (AvgIpc) is 3.12. The Morgan fingerprint density at radius 1 is 0.574 bits per heavy atom. The van der Waals surface area contributed by atoms with Crippen molar-refractivity contribution >= 4 is 13.8 Å². The molecule has 0 saturated carbocycles. The van der Waals surface area contributed by atoms with Crippen molar-refractivity contribution in [2.24, 2.45) is 0 Å². The zero-order chi connectivity index (χ0) is 39.9. The smallest absolute Gasteiger partial charge is 0.306 e. The zero-order valence-electron chi connectivity index (χ0n) is 36.2. The van der Waals surface area contributed by atoms with Crippen LogP contribution in [-0.4, -0.2) is 70.7 Å². The first kappa shape index (κ1) is 53.0. The summed E-state index contributed by atoms with van der Waals surface area (Å²) in [5.74, 6) is -0.335. The van der Waals surface area contributed by atoms with Gasteiger partial charge in [0.25, 0.3) is 7.82 Å². The van der Waals surface area contributed by atoms with Gasteiger partial charge in [-0.3, -0.25) is 9.36 Å². The summed E-state index contributed by atoms with van der Waals surface area (Å²) in [5, 5.41) is 0. The van der Waals surface area contributed by atoms with Crippen molar-refractivity contribution in [3.63, 3.8) is 0 Å². The van der Waals surface area contributed by atoms with E-state index in [2.05, 4.69) is 38.2 Å². The van der Waals surface area contributed by atoms with Gasteiger partial charge in [-0.15, -0.1) is 0 Å². The Hall–Kier alpha value is -1.02. The number of hydrogen-bond donors (Lipinski definition) is 0. The maximum Gasteiger partial charge on any atom is 0.306 e. The standard InChI is InChI=1S/C45H88NO7P/c1-6-8-10-12-14-15-16-17-18-19-20-21-22-23-24-25-26-27-28-29-30-31-32-34-36-38-45(47)53-44(42-50-40-37-35-33-13-11-9-7-2)43-52-54(48,49)51-41-39-46(3,4)5/h16-17,19-20,44H,6-15,18,21-43H2,1-5H3/b17-16-,20-19-. The molecule has 0 bridgehead atoms. The summed E-state index contributed by atoms with van der Waals surface area (Å²) >= 11 is 0. The number of carbonyl (C=O) groups excluding carboxylic acids is 1. The molecule has 0 saturated heterocycles. The first-order valence-corrected chi connectivity index (χ1v) is 24.0. The van der Waals surface area contributed by atoms with E-state index in [0.29, 0.717) is 24.1 Å². The summed E-state index contributed by atoms with van der Waals surface area (Å²) in [6.45, 7) is 5.39. The lowest BCUT2D eigenvalue weighted by Crippen LogP contribution is -2.37. The van der Waals surface area contributed by atoms with Crippen molar-refractivity contribution in [3.8, 4) is 0 Å². The number of ether oxygens (including phenoxy) is 2. The summed E-state index contributed by atoms with van der Waals surface area (Å²) in [7, 11) is 1.36. The summed E-state index contributed by atoms with van der Waals surface area (Å²) in [6, 6.07) is 0.